The van der Waals surface area contributed by atoms with Crippen LogP contribution in [0.3, 0.4) is 0 Å². The average Bonchev–Trinajstić information content (AvgIpc) is 2.92. The van der Waals surface area contributed by atoms with E-state index in [2.05, 4.69) is 0 Å². The van der Waals surface area contributed by atoms with Gasteiger partial charge in [-0.25, -0.2) is 0 Å². The zero-order chi connectivity index (χ0) is 13.5. The summed E-state index contributed by atoms with van der Waals surface area (Å²) >= 11 is 0. The highest BCUT2D eigenvalue weighted by molar-refractivity contribution is 5.76. The minimum absolute atomic E-state index is 0.101. The lowest BCUT2D eigenvalue weighted by Gasteiger charge is -2.23. The molecule has 0 bridgehead atoms. The van der Waals surface area contributed by atoms with Crippen LogP contribution in [0.5, 0.6) is 0 Å². The minimum atomic E-state index is 0.101. The normalized spacial score (nSPS) is 18.5. The zero-order valence-electron chi connectivity index (χ0n) is 11.3. The molecule has 4 nitrogen and oxygen atoms in total. The highest BCUT2D eigenvalue weighted by Gasteiger charge is 2.22. The summed E-state index contributed by atoms with van der Waals surface area (Å²) in [6.45, 7) is 2.50. The van der Waals surface area contributed by atoms with Crippen molar-refractivity contribution in [3.05, 3.63) is 35.9 Å². The molecule has 1 aromatic carbocycles. The summed E-state index contributed by atoms with van der Waals surface area (Å²) < 4.78 is 5.52. The van der Waals surface area contributed by atoms with E-state index in [1.807, 2.05) is 35.2 Å². The van der Waals surface area contributed by atoms with E-state index in [-0.39, 0.29) is 12.0 Å². The van der Waals surface area contributed by atoms with Gasteiger partial charge in [-0.05, 0) is 18.4 Å². The van der Waals surface area contributed by atoms with Crippen LogP contribution >= 0.6 is 0 Å². The summed E-state index contributed by atoms with van der Waals surface area (Å²) in [7, 11) is 0. The molecule has 0 spiro atoms. The molecule has 1 aliphatic rings. The highest BCUT2D eigenvalue weighted by Crippen LogP contribution is 2.17. The van der Waals surface area contributed by atoms with E-state index < -0.39 is 0 Å². The van der Waals surface area contributed by atoms with Crippen LogP contribution in [-0.4, -0.2) is 36.6 Å². The Morgan fingerprint density at radius 3 is 2.79 bits per heavy atom. The number of nitrogens with zero attached hydrogens (tertiary/aromatic N) is 1. The van der Waals surface area contributed by atoms with Gasteiger partial charge >= 0.3 is 0 Å². The summed E-state index contributed by atoms with van der Waals surface area (Å²) in [6.07, 6.45) is 2.64. The molecular formula is C15H22N2O2. The molecule has 1 atom stereocenters. The fourth-order valence-electron chi connectivity index (χ4n) is 2.38. The number of hydrogen-bond donors (Lipinski definition) is 1. The largest absolute Gasteiger partial charge is 0.378 e. The quantitative estimate of drug-likeness (QED) is 0.846. The Morgan fingerprint density at radius 1 is 1.37 bits per heavy atom. The SMILES string of the molecule is NCCN(Cc1ccccc1)C(=O)CC1CCCO1. The van der Waals surface area contributed by atoms with Gasteiger partial charge in [-0.2, -0.15) is 0 Å². The van der Waals surface area contributed by atoms with E-state index in [0.29, 0.717) is 26.1 Å². The van der Waals surface area contributed by atoms with Crippen LogP contribution < -0.4 is 5.73 Å². The van der Waals surface area contributed by atoms with Crippen LogP contribution in [0.25, 0.3) is 0 Å². The molecule has 2 rings (SSSR count). The van der Waals surface area contributed by atoms with Gasteiger partial charge in [-0.15, -0.1) is 0 Å². The van der Waals surface area contributed by atoms with Crippen molar-refractivity contribution in [3.8, 4) is 0 Å². The lowest BCUT2D eigenvalue weighted by atomic mass is 10.1. The second-order valence-electron chi connectivity index (χ2n) is 4.93. The minimum Gasteiger partial charge on any atom is -0.378 e. The van der Waals surface area contributed by atoms with E-state index in [1.165, 1.54) is 0 Å². The molecule has 0 aliphatic carbocycles. The molecule has 4 heteroatoms. The van der Waals surface area contributed by atoms with Crippen molar-refractivity contribution >= 4 is 5.91 Å². The van der Waals surface area contributed by atoms with Crippen molar-refractivity contribution in [2.45, 2.75) is 31.9 Å². The van der Waals surface area contributed by atoms with Crippen molar-refractivity contribution in [2.24, 2.45) is 5.73 Å². The fraction of sp³-hybridized carbons (Fsp3) is 0.533. The Kier molecular flexibility index (Phi) is 5.36. The number of ether oxygens (including phenoxy) is 1. The van der Waals surface area contributed by atoms with Gasteiger partial charge in [0.15, 0.2) is 0 Å². The Hall–Kier alpha value is -1.39. The predicted molar refractivity (Wildman–Crippen MR) is 74.5 cm³/mol. The molecule has 1 unspecified atom stereocenters. The van der Waals surface area contributed by atoms with Gasteiger partial charge in [0.2, 0.25) is 5.91 Å². The van der Waals surface area contributed by atoms with E-state index in [4.69, 9.17) is 10.5 Å². The fourth-order valence-corrected chi connectivity index (χ4v) is 2.38. The molecule has 1 fully saturated rings. The summed E-state index contributed by atoms with van der Waals surface area (Å²) in [5, 5.41) is 0. The maximum absolute atomic E-state index is 12.3. The summed E-state index contributed by atoms with van der Waals surface area (Å²) in [5.74, 6) is 0.140. The molecule has 2 N–H and O–H groups in total. The summed E-state index contributed by atoms with van der Waals surface area (Å²) in [5.41, 5.74) is 6.74. The first kappa shape index (κ1) is 14.0. The van der Waals surface area contributed by atoms with Gasteiger partial charge in [-0.3, -0.25) is 4.79 Å². The number of amides is 1. The van der Waals surface area contributed by atoms with Gasteiger partial charge in [0, 0.05) is 26.2 Å². The number of carbonyl (C=O) groups excluding carboxylic acids is 1. The van der Waals surface area contributed by atoms with E-state index in [9.17, 15) is 4.79 Å². The summed E-state index contributed by atoms with van der Waals surface area (Å²) in [4.78, 5) is 14.1. The van der Waals surface area contributed by atoms with Crippen molar-refractivity contribution in [1.29, 1.82) is 0 Å². The molecule has 19 heavy (non-hydrogen) atoms. The number of benzene rings is 1. The number of rotatable bonds is 6. The first-order valence-electron chi connectivity index (χ1n) is 6.93. The first-order valence-corrected chi connectivity index (χ1v) is 6.93. The Morgan fingerprint density at radius 2 is 2.16 bits per heavy atom. The molecule has 1 aromatic rings. The van der Waals surface area contributed by atoms with Crippen LogP contribution in [0.2, 0.25) is 0 Å². The van der Waals surface area contributed by atoms with E-state index in [0.717, 1.165) is 25.0 Å². The molecule has 1 saturated heterocycles. The molecule has 1 aliphatic heterocycles. The van der Waals surface area contributed by atoms with Crippen LogP contribution in [-0.2, 0) is 16.1 Å². The van der Waals surface area contributed by atoms with Crippen LogP contribution in [0.15, 0.2) is 30.3 Å². The van der Waals surface area contributed by atoms with E-state index in [1.54, 1.807) is 0 Å². The highest BCUT2D eigenvalue weighted by atomic mass is 16.5. The lowest BCUT2D eigenvalue weighted by Crippen LogP contribution is -2.36. The topological polar surface area (TPSA) is 55.6 Å². The van der Waals surface area contributed by atoms with Crippen LogP contribution in [0, 0.1) is 0 Å². The molecule has 0 saturated carbocycles. The Balaban J connectivity index is 1.92. The number of hydrogen-bond acceptors (Lipinski definition) is 3. The zero-order valence-corrected chi connectivity index (χ0v) is 11.3. The average molecular weight is 262 g/mol. The smallest absolute Gasteiger partial charge is 0.225 e. The molecule has 0 radical (unpaired) electrons. The number of nitrogens with two attached hydrogens (primary N) is 1. The predicted octanol–water partition coefficient (Wildman–Crippen LogP) is 1.54. The van der Waals surface area contributed by atoms with Gasteiger partial charge in [-0.1, -0.05) is 30.3 Å². The molecule has 1 heterocycles. The Bertz CT molecular complexity index is 388. The Labute approximate surface area is 114 Å². The van der Waals surface area contributed by atoms with Crippen LogP contribution in [0.4, 0.5) is 0 Å². The lowest BCUT2D eigenvalue weighted by molar-refractivity contribution is -0.134. The van der Waals surface area contributed by atoms with Gasteiger partial charge in [0.05, 0.1) is 12.5 Å². The van der Waals surface area contributed by atoms with E-state index >= 15 is 0 Å². The second-order valence-corrected chi connectivity index (χ2v) is 4.93. The monoisotopic (exact) mass is 262 g/mol. The standard InChI is InChI=1S/C15H22N2O2/c16-8-9-17(12-13-5-2-1-3-6-13)15(18)11-14-7-4-10-19-14/h1-3,5-6,14H,4,7-12,16H2. The molecule has 104 valence electrons. The van der Waals surface area contributed by atoms with Gasteiger partial charge in [0.1, 0.15) is 0 Å². The maximum Gasteiger partial charge on any atom is 0.225 e. The number of carbonyl (C=O) groups is 1. The van der Waals surface area contributed by atoms with Crippen molar-refractivity contribution in [3.63, 3.8) is 0 Å². The third kappa shape index (κ3) is 4.33. The molecule has 0 aromatic heterocycles. The maximum atomic E-state index is 12.3. The van der Waals surface area contributed by atoms with Gasteiger partial charge < -0.3 is 15.4 Å². The molecule has 1 amide bonds. The summed E-state index contributed by atoms with van der Waals surface area (Å²) in [6, 6.07) is 10.0. The third-order valence-electron chi connectivity index (χ3n) is 3.39. The van der Waals surface area contributed by atoms with Crippen molar-refractivity contribution in [1.82, 2.24) is 4.90 Å². The van der Waals surface area contributed by atoms with Crippen LogP contribution in [0.1, 0.15) is 24.8 Å². The van der Waals surface area contributed by atoms with Crippen molar-refractivity contribution < 1.29 is 9.53 Å². The third-order valence-corrected chi connectivity index (χ3v) is 3.39. The first-order chi connectivity index (χ1) is 9.29. The van der Waals surface area contributed by atoms with Gasteiger partial charge in [0.25, 0.3) is 0 Å². The van der Waals surface area contributed by atoms with Crippen molar-refractivity contribution in [2.75, 3.05) is 19.7 Å². The second kappa shape index (κ2) is 7.26. The molecular weight excluding hydrogens is 240 g/mol.